The van der Waals surface area contributed by atoms with Gasteiger partial charge in [-0.15, -0.1) is 0 Å². The second-order valence-electron chi connectivity index (χ2n) is 4.63. The minimum atomic E-state index is -0.134. The zero-order valence-electron chi connectivity index (χ0n) is 12.0. The topological polar surface area (TPSA) is 59.4 Å². The molecule has 0 unspecified atom stereocenters. The van der Waals surface area contributed by atoms with Gasteiger partial charge in [-0.05, 0) is 47.9 Å². The molecule has 2 aromatic rings. The maximum atomic E-state index is 12.4. The Balaban J connectivity index is 2.33. The first kappa shape index (κ1) is 14.9. The molecule has 0 aliphatic carbocycles. The van der Waals surface area contributed by atoms with Crippen LogP contribution in [0.15, 0.2) is 42.7 Å². The van der Waals surface area contributed by atoms with Crippen LogP contribution in [0.3, 0.4) is 0 Å². The average Bonchev–Trinajstić information content (AvgIpc) is 2.52. The van der Waals surface area contributed by atoms with Crippen molar-refractivity contribution in [3.63, 3.8) is 0 Å². The summed E-state index contributed by atoms with van der Waals surface area (Å²) in [7, 11) is 1.51. The number of allylic oxidation sites excluding steroid dienone is 1. The van der Waals surface area contributed by atoms with Crippen LogP contribution in [0, 0.1) is 6.92 Å². The summed E-state index contributed by atoms with van der Waals surface area (Å²) >= 11 is 0. The maximum Gasteiger partial charge on any atom is 0.189 e. The largest absolute Gasteiger partial charge is 0.496 e. The Bertz CT molecular complexity index is 663. The molecule has 4 heteroatoms. The number of rotatable bonds is 5. The number of pyridine rings is 1. The second-order valence-corrected chi connectivity index (χ2v) is 4.63. The van der Waals surface area contributed by atoms with Crippen LogP contribution in [0.4, 0.5) is 0 Å². The highest BCUT2D eigenvalue weighted by Crippen LogP contribution is 2.25. The average molecular weight is 283 g/mol. The van der Waals surface area contributed by atoms with Crippen LogP contribution in [-0.4, -0.2) is 23.0 Å². The van der Waals surface area contributed by atoms with Crippen LogP contribution in [0.2, 0.25) is 0 Å². The first-order valence-electron chi connectivity index (χ1n) is 6.56. The molecule has 1 aromatic heterocycles. The Hall–Kier alpha value is -2.46. The monoisotopic (exact) mass is 283 g/mol. The number of aliphatic hydroxyl groups excluding tert-OH is 1. The molecule has 108 valence electrons. The summed E-state index contributed by atoms with van der Waals surface area (Å²) in [6.07, 6.45) is 6.60. The van der Waals surface area contributed by atoms with Gasteiger partial charge in [0.05, 0.1) is 19.3 Å². The molecule has 0 amide bonds. The summed E-state index contributed by atoms with van der Waals surface area (Å²) in [5.74, 6) is 0.342. The number of aromatic nitrogens is 1. The number of hydrogen-bond acceptors (Lipinski definition) is 4. The molecule has 0 radical (unpaired) electrons. The van der Waals surface area contributed by atoms with Crippen LogP contribution < -0.4 is 4.74 Å². The van der Waals surface area contributed by atoms with Gasteiger partial charge in [-0.3, -0.25) is 9.78 Å². The predicted octanol–water partition coefficient (Wildman–Crippen LogP) is 2.79. The molecule has 4 nitrogen and oxygen atoms in total. The van der Waals surface area contributed by atoms with Gasteiger partial charge in [0.2, 0.25) is 0 Å². The van der Waals surface area contributed by atoms with E-state index in [4.69, 9.17) is 4.74 Å². The van der Waals surface area contributed by atoms with Crippen molar-refractivity contribution in [2.24, 2.45) is 0 Å². The molecular formula is C17H17NO3. The number of carbonyl (C=O) groups is 1. The van der Waals surface area contributed by atoms with E-state index in [1.165, 1.54) is 13.2 Å². The molecule has 0 aliphatic rings. The number of aliphatic hydroxyl groups is 1. The minimum Gasteiger partial charge on any atom is -0.496 e. The van der Waals surface area contributed by atoms with Gasteiger partial charge in [0.1, 0.15) is 5.75 Å². The quantitative estimate of drug-likeness (QED) is 0.677. The minimum absolute atomic E-state index is 0.0848. The van der Waals surface area contributed by atoms with Crippen LogP contribution in [0.1, 0.15) is 27.0 Å². The van der Waals surface area contributed by atoms with Gasteiger partial charge in [-0.25, -0.2) is 0 Å². The number of nitrogens with zero attached hydrogens (tertiary/aromatic N) is 1. The van der Waals surface area contributed by atoms with Gasteiger partial charge < -0.3 is 9.84 Å². The summed E-state index contributed by atoms with van der Waals surface area (Å²) in [6, 6.07) is 7.11. The number of carbonyl (C=O) groups excluding carboxylic acids is 1. The van der Waals surface area contributed by atoms with Crippen LogP contribution in [-0.2, 0) is 6.61 Å². The van der Waals surface area contributed by atoms with Crippen molar-refractivity contribution in [3.8, 4) is 5.75 Å². The zero-order chi connectivity index (χ0) is 15.2. The smallest absolute Gasteiger partial charge is 0.189 e. The summed E-state index contributed by atoms with van der Waals surface area (Å²) in [5.41, 5.74) is 2.92. The molecule has 0 fully saturated rings. The van der Waals surface area contributed by atoms with Gasteiger partial charge in [0.15, 0.2) is 5.78 Å². The first-order valence-corrected chi connectivity index (χ1v) is 6.56. The highest BCUT2D eigenvalue weighted by Gasteiger charge is 2.14. The van der Waals surface area contributed by atoms with Crippen LogP contribution >= 0.6 is 0 Å². The third-order valence-electron chi connectivity index (χ3n) is 3.14. The van der Waals surface area contributed by atoms with E-state index in [0.29, 0.717) is 11.3 Å². The summed E-state index contributed by atoms with van der Waals surface area (Å²) < 4.78 is 5.27. The van der Waals surface area contributed by atoms with Crippen molar-refractivity contribution < 1.29 is 14.6 Å². The van der Waals surface area contributed by atoms with Crippen molar-refractivity contribution in [2.45, 2.75) is 13.5 Å². The van der Waals surface area contributed by atoms with Crippen molar-refractivity contribution >= 4 is 11.9 Å². The van der Waals surface area contributed by atoms with Crippen LogP contribution in [0.5, 0.6) is 5.75 Å². The van der Waals surface area contributed by atoms with E-state index in [0.717, 1.165) is 16.7 Å². The van der Waals surface area contributed by atoms with Gasteiger partial charge >= 0.3 is 0 Å². The van der Waals surface area contributed by atoms with E-state index in [1.807, 2.05) is 19.1 Å². The highest BCUT2D eigenvalue weighted by atomic mass is 16.5. The Morgan fingerprint density at radius 1 is 1.33 bits per heavy atom. The normalized spacial score (nSPS) is 10.8. The van der Waals surface area contributed by atoms with Crippen molar-refractivity contribution in [1.82, 2.24) is 4.98 Å². The van der Waals surface area contributed by atoms with Crippen molar-refractivity contribution in [2.75, 3.05) is 7.11 Å². The van der Waals surface area contributed by atoms with E-state index in [2.05, 4.69) is 4.98 Å². The summed E-state index contributed by atoms with van der Waals surface area (Å²) in [4.78, 5) is 16.3. The Morgan fingerprint density at radius 2 is 2.05 bits per heavy atom. The molecule has 1 aromatic carbocycles. The molecule has 0 atom stereocenters. The van der Waals surface area contributed by atoms with Crippen molar-refractivity contribution in [1.29, 1.82) is 0 Å². The van der Waals surface area contributed by atoms with E-state index >= 15 is 0 Å². The van der Waals surface area contributed by atoms with E-state index in [-0.39, 0.29) is 12.4 Å². The maximum absolute atomic E-state index is 12.4. The number of methoxy groups -OCH3 is 1. The lowest BCUT2D eigenvalue weighted by molar-refractivity contribution is 0.104. The number of aryl methyl sites for hydroxylation is 1. The number of ether oxygens (including phenoxy) is 1. The van der Waals surface area contributed by atoms with Gasteiger partial charge in [0, 0.05) is 12.4 Å². The molecular weight excluding hydrogens is 266 g/mol. The third kappa shape index (κ3) is 3.55. The van der Waals surface area contributed by atoms with E-state index < -0.39 is 0 Å². The molecule has 21 heavy (non-hydrogen) atoms. The van der Waals surface area contributed by atoms with Crippen LogP contribution in [0.25, 0.3) is 6.08 Å². The second kappa shape index (κ2) is 6.81. The van der Waals surface area contributed by atoms with Crippen molar-refractivity contribution in [3.05, 3.63) is 65.0 Å². The summed E-state index contributed by atoms with van der Waals surface area (Å²) in [5, 5.41) is 9.20. The van der Waals surface area contributed by atoms with Gasteiger partial charge in [0.25, 0.3) is 0 Å². The molecule has 0 saturated heterocycles. The zero-order valence-corrected chi connectivity index (χ0v) is 12.0. The molecule has 0 saturated carbocycles. The van der Waals surface area contributed by atoms with E-state index in [9.17, 15) is 9.90 Å². The Morgan fingerprint density at radius 3 is 2.67 bits per heavy atom. The SMILES string of the molecule is COc1cc(CO)cc(C)c1C(=O)/C=C/c1ccncc1. The fourth-order valence-electron chi connectivity index (χ4n) is 2.12. The highest BCUT2D eigenvalue weighted by molar-refractivity contribution is 6.09. The molecule has 2 rings (SSSR count). The lowest BCUT2D eigenvalue weighted by Crippen LogP contribution is -2.03. The molecule has 0 aliphatic heterocycles. The number of benzene rings is 1. The van der Waals surface area contributed by atoms with E-state index in [1.54, 1.807) is 30.6 Å². The number of hydrogen-bond donors (Lipinski definition) is 1. The lowest BCUT2D eigenvalue weighted by Gasteiger charge is -2.11. The molecule has 0 bridgehead atoms. The third-order valence-corrected chi connectivity index (χ3v) is 3.14. The molecule has 1 N–H and O–H groups in total. The fourth-order valence-corrected chi connectivity index (χ4v) is 2.12. The summed E-state index contributed by atoms with van der Waals surface area (Å²) in [6.45, 7) is 1.74. The fraction of sp³-hybridized carbons (Fsp3) is 0.176. The predicted molar refractivity (Wildman–Crippen MR) is 81.3 cm³/mol. The lowest BCUT2D eigenvalue weighted by atomic mass is 9.99. The van der Waals surface area contributed by atoms with Gasteiger partial charge in [-0.1, -0.05) is 12.1 Å². The molecule has 0 spiro atoms. The van der Waals surface area contributed by atoms with Gasteiger partial charge in [-0.2, -0.15) is 0 Å². The molecule has 1 heterocycles. The standard InChI is InChI=1S/C17H17NO3/c1-12-9-14(11-19)10-16(21-2)17(12)15(20)4-3-13-5-7-18-8-6-13/h3-10,19H,11H2,1-2H3/b4-3+. The Kier molecular flexibility index (Phi) is 4.85. The number of ketones is 1. The Labute approximate surface area is 123 Å². The first-order chi connectivity index (χ1) is 10.2.